The lowest BCUT2D eigenvalue weighted by Gasteiger charge is -2.32. The third-order valence-corrected chi connectivity index (χ3v) is 29.0. The summed E-state index contributed by atoms with van der Waals surface area (Å²) in [7, 11) is 0. The van der Waals surface area contributed by atoms with Crippen molar-refractivity contribution in [2.24, 2.45) is 0 Å². The van der Waals surface area contributed by atoms with Crippen molar-refractivity contribution in [2.45, 2.75) is 0 Å². The van der Waals surface area contributed by atoms with Crippen LogP contribution in [0.15, 0.2) is 463 Å². The largest absolute Gasteiger partial charge is 0.456 e. The summed E-state index contributed by atoms with van der Waals surface area (Å²) in [4.78, 5) is 53.4. The van der Waals surface area contributed by atoms with E-state index in [4.69, 9.17) is 71.4 Å². The smallest absolute Gasteiger partial charge is 0.238 e. The first-order valence-electron chi connectivity index (χ1n) is 48.8. The number of benzene rings is 21. The van der Waals surface area contributed by atoms with Crippen LogP contribution in [-0.2, 0) is 0 Å². The molecule has 3 aliphatic rings. The molecule has 33 rings (SSSR count). The zero-order valence-electron chi connectivity index (χ0n) is 77.9. The van der Waals surface area contributed by atoms with Crippen LogP contribution in [-0.4, -0.2) is 44.9 Å². The Hall–Kier alpha value is -20.4. The molecule has 30 aromatic rings. The second-order valence-electron chi connectivity index (χ2n) is 37.2. The number of fused-ring (bicyclic) bond motifs is 24. The number of para-hydroxylation sites is 11. The van der Waals surface area contributed by atoms with E-state index in [0.29, 0.717) is 52.8 Å². The fourth-order valence-electron chi connectivity index (χ4n) is 22.4. The molecule has 0 amide bonds. The summed E-state index contributed by atoms with van der Waals surface area (Å²) in [6, 6.07) is 150. The molecule has 0 fully saturated rings. The van der Waals surface area contributed by atoms with E-state index in [-0.39, 0.29) is 0 Å². The molecule has 684 valence electrons. The summed E-state index contributed by atoms with van der Waals surface area (Å²) < 4.78 is 37.9. The van der Waals surface area contributed by atoms with Crippen LogP contribution in [0.4, 0.5) is 52.0 Å². The van der Waals surface area contributed by atoms with Crippen molar-refractivity contribution >= 4 is 216 Å². The van der Waals surface area contributed by atoms with E-state index in [1.807, 2.05) is 170 Å². The van der Waals surface area contributed by atoms with Gasteiger partial charge in [-0.15, -0.1) is 0 Å². The molecule has 3 aliphatic heterocycles. The molecule has 18 heteroatoms. The lowest BCUT2D eigenvalue weighted by molar-refractivity contribution is 0.668. The molecule has 147 heavy (non-hydrogen) atoms. The van der Waals surface area contributed by atoms with E-state index in [1.54, 1.807) is 0 Å². The van der Waals surface area contributed by atoms with E-state index in [0.717, 1.165) is 243 Å². The van der Waals surface area contributed by atoms with Crippen molar-refractivity contribution in [3.05, 3.63) is 437 Å². The van der Waals surface area contributed by atoms with Gasteiger partial charge in [-0.3, -0.25) is 14.7 Å². The first-order chi connectivity index (χ1) is 72.8. The maximum atomic E-state index is 6.49. The Bertz CT molecular complexity index is 10800. The van der Waals surface area contributed by atoms with Crippen molar-refractivity contribution in [1.29, 1.82) is 0 Å². The van der Waals surface area contributed by atoms with Gasteiger partial charge < -0.3 is 26.5 Å². The van der Waals surface area contributed by atoms with Crippen molar-refractivity contribution in [2.75, 3.05) is 14.7 Å². The molecule has 21 aromatic carbocycles. The Morgan fingerprint density at radius 3 is 0.735 bits per heavy atom. The summed E-state index contributed by atoms with van der Waals surface area (Å²) in [5.41, 5.74) is 27.8. The Kier molecular flexibility index (Phi) is 17.8. The number of nitrogens with zero attached hydrogens (tertiary/aromatic N) is 12. The molecule has 0 saturated heterocycles. The fourth-order valence-corrected chi connectivity index (χ4v) is 22.4. The molecule has 0 unspecified atom stereocenters. The van der Waals surface area contributed by atoms with E-state index in [1.165, 1.54) is 22.1 Å². The molecular weight excluding hydrogens is 1810 g/mol. The molecule has 0 radical (unpaired) electrons. The molecule has 12 heterocycles. The topological polar surface area (TPSA) is 205 Å². The predicted octanol–water partition coefficient (Wildman–Crippen LogP) is 34.8. The SMILES string of the molecule is c1ccc2c(c1)-c1cccc3cccc(c13)N2c1nc(-c2ccc3c(c2)oc2ccccc23)nc(-c2ccc3oc4ccccc4c3c2)n1.c1ccc2c(c1)-c1cccc3cccc(c13)N2c1nc(-c2ccc3c(c2)oc2ccccc23)nc(-c2cccc3c2oc2ccccc23)n1.c1ccc2c(c1)-c1cccc3cccc(c13)N2c1nc(-c2ccc3oc4ccccc4c3c2)nc(-c2cccc3c2oc2ccccc23)n1. The first kappa shape index (κ1) is 81.5. The van der Waals surface area contributed by atoms with Crippen LogP contribution in [0, 0.1) is 0 Å². The van der Waals surface area contributed by atoms with E-state index in [2.05, 4.69) is 282 Å². The highest BCUT2D eigenvalue weighted by molar-refractivity contribution is 6.19. The summed E-state index contributed by atoms with van der Waals surface area (Å²) in [5.74, 6) is 4.87. The van der Waals surface area contributed by atoms with Crippen molar-refractivity contribution in [1.82, 2.24) is 44.9 Å². The van der Waals surface area contributed by atoms with Crippen molar-refractivity contribution in [3.63, 3.8) is 0 Å². The lowest BCUT2D eigenvalue weighted by atomic mass is 9.91. The van der Waals surface area contributed by atoms with Crippen LogP contribution in [0.25, 0.3) is 266 Å². The molecule has 0 bridgehead atoms. The molecule has 0 spiro atoms. The van der Waals surface area contributed by atoms with Crippen molar-refractivity contribution < 1.29 is 26.5 Å². The van der Waals surface area contributed by atoms with Crippen LogP contribution in [0.5, 0.6) is 0 Å². The third-order valence-electron chi connectivity index (χ3n) is 29.0. The summed E-state index contributed by atoms with van der Waals surface area (Å²) in [6.45, 7) is 0. The Balaban J connectivity index is 0.0000000999. The van der Waals surface area contributed by atoms with Gasteiger partial charge in [0.15, 0.2) is 34.9 Å². The maximum Gasteiger partial charge on any atom is 0.238 e. The maximum absolute atomic E-state index is 6.49. The van der Waals surface area contributed by atoms with Gasteiger partial charge in [-0.05, 0) is 178 Å². The minimum atomic E-state index is 0.521. The minimum absolute atomic E-state index is 0.521. The van der Waals surface area contributed by atoms with E-state index in [9.17, 15) is 0 Å². The third kappa shape index (κ3) is 12.8. The highest BCUT2D eigenvalue weighted by Crippen LogP contribution is 2.56. The van der Waals surface area contributed by atoms with Gasteiger partial charge in [0, 0.05) is 120 Å². The van der Waals surface area contributed by atoms with Gasteiger partial charge in [-0.1, -0.05) is 291 Å². The van der Waals surface area contributed by atoms with Crippen LogP contribution in [0.3, 0.4) is 0 Å². The Morgan fingerprint density at radius 1 is 0.143 bits per heavy atom. The predicted molar refractivity (Wildman–Crippen MR) is 589 cm³/mol. The van der Waals surface area contributed by atoms with Crippen LogP contribution < -0.4 is 14.7 Å². The molecular formula is C129H72N12O6. The molecule has 9 aromatic heterocycles. The van der Waals surface area contributed by atoms with Gasteiger partial charge in [-0.2, -0.15) is 29.9 Å². The molecule has 0 N–H and O–H groups in total. The summed E-state index contributed by atoms with van der Waals surface area (Å²) in [5, 5.41) is 19.5. The van der Waals surface area contributed by atoms with Crippen LogP contribution >= 0.6 is 0 Å². The highest BCUT2D eigenvalue weighted by Gasteiger charge is 2.35. The molecule has 18 nitrogen and oxygen atoms in total. The Labute approximate surface area is 834 Å². The van der Waals surface area contributed by atoms with Crippen LogP contribution in [0.1, 0.15) is 0 Å². The number of rotatable bonds is 9. The molecule has 0 atom stereocenters. The quantitative estimate of drug-likeness (QED) is 0.132. The average molecular weight is 1890 g/mol. The second-order valence-corrected chi connectivity index (χ2v) is 37.2. The summed E-state index contributed by atoms with van der Waals surface area (Å²) in [6.07, 6.45) is 0. The molecule has 0 saturated carbocycles. The zero-order valence-corrected chi connectivity index (χ0v) is 77.9. The highest BCUT2D eigenvalue weighted by atomic mass is 16.3. The number of furan rings is 6. The number of hydrogen-bond donors (Lipinski definition) is 0. The minimum Gasteiger partial charge on any atom is -0.456 e. The van der Waals surface area contributed by atoms with E-state index < -0.39 is 0 Å². The van der Waals surface area contributed by atoms with Gasteiger partial charge in [-0.25, -0.2) is 15.0 Å². The lowest BCUT2D eigenvalue weighted by Crippen LogP contribution is -2.18. The van der Waals surface area contributed by atoms with Gasteiger partial charge in [0.2, 0.25) is 17.8 Å². The molecule has 0 aliphatic carbocycles. The second kappa shape index (κ2) is 32.1. The van der Waals surface area contributed by atoms with E-state index >= 15 is 0 Å². The Morgan fingerprint density at radius 2 is 0.374 bits per heavy atom. The monoisotopic (exact) mass is 1880 g/mol. The van der Waals surface area contributed by atoms with Crippen LogP contribution in [0.2, 0.25) is 0 Å². The number of hydrogen-bond acceptors (Lipinski definition) is 18. The van der Waals surface area contributed by atoms with Crippen molar-refractivity contribution in [3.8, 4) is 102 Å². The van der Waals surface area contributed by atoms with Gasteiger partial charge in [0.1, 0.15) is 67.0 Å². The standard InChI is InChI=1S/3C43H24N4O2/c1-4-18-34-27(12-1)30-15-7-10-25-11-8-19-35(39(25)30)47(34)43-45-41(26-22-23-38-33(24-26)29-14-3-5-20-36(29)48-38)44-42(46-43)32-17-9-16-31-28-13-2-6-21-37(28)49-40(31)32;1-4-18-34-27(12-1)31-15-7-10-25-11-8-19-35(39(25)31)47(34)43-45-41(26-22-23-30-28-13-2-5-20-36(28)48-38(30)24-26)44-42(46-43)33-17-9-16-32-29-14-3-6-21-37(29)49-40(32)33;1-4-15-34-28(11-1)32-14-7-9-25-10-8-16-35(40(25)32)47(34)43-45-41(26-20-22-38-33(23-26)30-13-3-6-18-37(30)48-38)44-42(46-43)27-19-21-31-29-12-2-5-17-36(29)49-39(31)24-27/h3*1-24H. The normalized spacial score (nSPS) is 12.4. The fraction of sp³-hybridized carbons (Fsp3) is 0. The average Bonchev–Trinajstić information content (AvgIpc) is 1.68. The number of aromatic nitrogens is 9. The van der Waals surface area contributed by atoms with Gasteiger partial charge in [0.05, 0.1) is 45.3 Å². The summed E-state index contributed by atoms with van der Waals surface area (Å²) >= 11 is 0. The van der Waals surface area contributed by atoms with Gasteiger partial charge >= 0.3 is 0 Å². The van der Waals surface area contributed by atoms with Gasteiger partial charge in [0.25, 0.3) is 0 Å². The zero-order chi connectivity index (χ0) is 96.2. The first-order valence-corrected chi connectivity index (χ1v) is 48.8. The number of anilines is 9.